The molecule has 0 aliphatic rings. The van der Waals surface area contributed by atoms with Gasteiger partial charge in [-0.2, -0.15) is 5.10 Å². The van der Waals surface area contributed by atoms with E-state index in [-0.39, 0.29) is 12.1 Å². The molecule has 0 bridgehead atoms. The van der Waals surface area contributed by atoms with Gasteiger partial charge in [0.25, 0.3) is 5.56 Å². The van der Waals surface area contributed by atoms with Crippen molar-refractivity contribution in [2.75, 3.05) is 6.61 Å². The summed E-state index contributed by atoms with van der Waals surface area (Å²) in [6.07, 6.45) is 0. The molecule has 0 spiro atoms. The zero-order chi connectivity index (χ0) is 14.5. The van der Waals surface area contributed by atoms with Gasteiger partial charge in [0.1, 0.15) is 5.75 Å². The topological polar surface area (TPSA) is 81.0 Å². The zero-order valence-corrected chi connectivity index (χ0v) is 11.7. The molecule has 2 rings (SSSR count). The SMILES string of the molecule is CC(C)COc1ccccc1-c1cc(CN)c(=O)[nH]n1. The zero-order valence-electron chi connectivity index (χ0n) is 11.7. The minimum atomic E-state index is -0.253. The van der Waals surface area contributed by atoms with Crippen molar-refractivity contribution in [3.05, 3.63) is 46.2 Å². The van der Waals surface area contributed by atoms with Crippen molar-refractivity contribution in [2.45, 2.75) is 20.4 Å². The third-order valence-corrected chi connectivity index (χ3v) is 2.84. The number of rotatable bonds is 5. The smallest absolute Gasteiger partial charge is 0.268 e. The fourth-order valence-corrected chi connectivity index (χ4v) is 1.80. The number of hydrogen-bond donors (Lipinski definition) is 2. The largest absolute Gasteiger partial charge is 0.493 e. The standard InChI is InChI=1S/C15H19N3O2/c1-10(2)9-20-14-6-4-3-5-12(14)13-7-11(8-16)15(19)18-17-13/h3-7,10H,8-9,16H2,1-2H3,(H,18,19). The lowest BCUT2D eigenvalue weighted by atomic mass is 10.1. The first kappa shape index (κ1) is 14.3. The minimum Gasteiger partial charge on any atom is -0.493 e. The van der Waals surface area contributed by atoms with Gasteiger partial charge in [-0.3, -0.25) is 4.79 Å². The number of aromatic amines is 1. The molecule has 0 aliphatic heterocycles. The van der Waals surface area contributed by atoms with Crippen LogP contribution in [0, 0.1) is 5.92 Å². The van der Waals surface area contributed by atoms with Crippen LogP contribution >= 0.6 is 0 Å². The Morgan fingerprint density at radius 1 is 1.35 bits per heavy atom. The molecule has 0 aliphatic carbocycles. The average molecular weight is 273 g/mol. The van der Waals surface area contributed by atoms with Crippen LogP contribution in [0.25, 0.3) is 11.3 Å². The van der Waals surface area contributed by atoms with Gasteiger partial charge in [-0.1, -0.05) is 26.0 Å². The molecule has 1 aromatic carbocycles. The second kappa shape index (κ2) is 6.34. The number of para-hydroxylation sites is 1. The molecule has 2 aromatic rings. The molecule has 5 nitrogen and oxygen atoms in total. The molecule has 0 radical (unpaired) electrons. The monoisotopic (exact) mass is 273 g/mol. The van der Waals surface area contributed by atoms with Gasteiger partial charge in [0, 0.05) is 17.7 Å². The molecular weight excluding hydrogens is 254 g/mol. The van der Waals surface area contributed by atoms with Gasteiger partial charge in [-0.25, -0.2) is 5.10 Å². The first-order valence-electron chi connectivity index (χ1n) is 6.62. The lowest BCUT2D eigenvalue weighted by Crippen LogP contribution is -2.17. The predicted molar refractivity (Wildman–Crippen MR) is 78.5 cm³/mol. The first-order valence-corrected chi connectivity index (χ1v) is 6.62. The molecule has 5 heteroatoms. The molecule has 106 valence electrons. The normalized spacial score (nSPS) is 10.8. The summed E-state index contributed by atoms with van der Waals surface area (Å²) in [5.74, 6) is 1.19. The van der Waals surface area contributed by atoms with Gasteiger partial charge in [0.05, 0.1) is 12.3 Å². The van der Waals surface area contributed by atoms with E-state index in [1.54, 1.807) is 6.07 Å². The lowest BCUT2D eigenvalue weighted by molar-refractivity contribution is 0.272. The van der Waals surface area contributed by atoms with E-state index >= 15 is 0 Å². The maximum Gasteiger partial charge on any atom is 0.268 e. The molecule has 1 aromatic heterocycles. The van der Waals surface area contributed by atoms with Gasteiger partial charge in [-0.15, -0.1) is 0 Å². The maximum absolute atomic E-state index is 11.5. The molecule has 0 amide bonds. The Morgan fingerprint density at radius 3 is 2.80 bits per heavy atom. The van der Waals surface area contributed by atoms with Crippen LogP contribution in [-0.2, 0) is 6.54 Å². The summed E-state index contributed by atoms with van der Waals surface area (Å²) in [5.41, 5.74) is 7.31. The van der Waals surface area contributed by atoms with E-state index in [1.165, 1.54) is 0 Å². The molecule has 0 atom stereocenters. The van der Waals surface area contributed by atoms with Crippen molar-refractivity contribution in [3.63, 3.8) is 0 Å². The minimum absolute atomic E-state index is 0.180. The molecule has 20 heavy (non-hydrogen) atoms. The van der Waals surface area contributed by atoms with Crippen molar-refractivity contribution in [1.29, 1.82) is 0 Å². The highest BCUT2D eigenvalue weighted by Gasteiger charge is 2.10. The fourth-order valence-electron chi connectivity index (χ4n) is 1.80. The van der Waals surface area contributed by atoms with E-state index in [0.29, 0.717) is 23.8 Å². The summed E-state index contributed by atoms with van der Waals surface area (Å²) < 4.78 is 5.79. The number of hydrogen-bond acceptors (Lipinski definition) is 4. The van der Waals surface area contributed by atoms with E-state index < -0.39 is 0 Å². The predicted octanol–water partition coefficient (Wildman–Crippen LogP) is 1.93. The van der Waals surface area contributed by atoms with Crippen molar-refractivity contribution in [2.24, 2.45) is 11.7 Å². The van der Waals surface area contributed by atoms with Crippen LogP contribution in [0.1, 0.15) is 19.4 Å². The molecule has 0 saturated carbocycles. The Morgan fingerprint density at radius 2 is 2.10 bits per heavy atom. The van der Waals surface area contributed by atoms with Gasteiger partial charge < -0.3 is 10.5 Å². The van der Waals surface area contributed by atoms with Crippen LogP contribution < -0.4 is 16.0 Å². The summed E-state index contributed by atoms with van der Waals surface area (Å²) in [7, 11) is 0. The molecule has 0 unspecified atom stereocenters. The van der Waals surface area contributed by atoms with E-state index in [0.717, 1.165) is 11.3 Å². The number of nitrogens with two attached hydrogens (primary N) is 1. The van der Waals surface area contributed by atoms with Gasteiger partial charge in [0.2, 0.25) is 0 Å². The maximum atomic E-state index is 11.5. The van der Waals surface area contributed by atoms with Gasteiger partial charge in [-0.05, 0) is 24.1 Å². The van der Waals surface area contributed by atoms with Crippen LogP contribution in [-0.4, -0.2) is 16.8 Å². The third-order valence-electron chi connectivity index (χ3n) is 2.84. The summed E-state index contributed by atoms with van der Waals surface area (Å²) >= 11 is 0. The van der Waals surface area contributed by atoms with Crippen molar-refractivity contribution in [3.8, 4) is 17.0 Å². The third kappa shape index (κ3) is 3.24. The molecule has 0 fully saturated rings. The van der Waals surface area contributed by atoms with Crippen LogP contribution in [0.5, 0.6) is 5.75 Å². The molecule has 1 heterocycles. The number of nitrogens with one attached hydrogen (secondary N) is 1. The van der Waals surface area contributed by atoms with Gasteiger partial charge >= 0.3 is 0 Å². The Hall–Kier alpha value is -2.14. The Kier molecular flexibility index (Phi) is 4.53. The summed E-state index contributed by atoms with van der Waals surface area (Å²) in [6, 6.07) is 9.33. The van der Waals surface area contributed by atoms with E-state index in [9.17, 15) is 4.79 Å². The second-order valence-electron chi connectivity index (χ2n) is 5.01. The Bertz CT molecular complexity index is 635. The number of benzene rings is 1. The van der Waals surface area contributed by atoms with Crippen LogP contribution in [0.4, 0.5) is 0 Å². The van der Waals surface area contributed by atoms with E-state index in [1.807, 2.05) is 24.3 Å². The number of aromatic nitrogens is 2. The highest BCUT2D eigenvalue weighted by atomic mass is 16.5. The highest BCUT2D eigenvalue weighted by molar-refractivity contribution is 5.67. The molecular formula is C15H19N3O2. The highest BCUT2D eigenvalue weighted by Crippen LogP contribution is 2.28. The van der Waals surface area contributed by atoms with E-state index in [4.69, 9.17) is 10.5 Å². The lowest BCUT2D eigenvalue weighted by Gasteiger charge is -2.12. The number of nitrogens with zero attached hydrogens (tertiary/aromatic N) is 1. The average Bonchev–Trinajstić information content (AvgIpc) is 2.46. The van der Waals surface area contributed by atoms with Crippen molar-refractivity contribution < 1.29 is 4.74 Å². The molecule has 3 N–H and O–H groups in total. The quantitative estimate of drug-likeness (QED) is 0.872. The fraction of sp³-hybridized carbons (Fsp3) is 0.333. The summed E-state index contributed by atoms with van der Waals surface area (Å²) in [6.45, 7) is 4.99. The van der Waals surface area contributed by atoms with Crippen LogP contribution in [0.15, 0.2) is 35.1 Å². The number of H-pyrrole nitrogens is 1. The summed E-state index contributed by atoms with van der Waals surface area (Å²) in [4.78, 5) is 11.5. The van der Waals surface area contributed by atoms with Crippen LogP contribution in [0.3, 0.4) is 0 Å². The first-order chi connectivity index (χ1) is 9.61. The Labute approximate surface area is 117 Å². The second-order valence-corrected chi connectivity index (χ2v) is 5.01. The summed E-state index contributed by atoms with van der Waals surface area (Å²) in [5, 5.41) is 6.54. The van der Waals surface area contributed by atoms with E-state index in [2.05, 4.69) is 24.0 Å². The van der Waals surface area contributed by atoms with Crippen LogP contribution in [0.2, 0.25) is 0 Å². The number of ether oxygens (including phenoxy) is 1. The Balaban J connectivity index is 2.39. The van der Waals surface area contributed by atoms with Gasteiger partial charge in [0.15, 0.2) is 0 Å². The van der Waals surface area contributed by atoms with Crippen molar-refractivity contribution in [1.82, 2.24) is 10.2 Å². The van der Waals surface area contributed by atoms with Crippen molar-refractivity contribution >= 4 is 0 Å². The molecule has 0 saturated heterocycles.